The fraction of sp³-hybridized carbons (Fsp3) is 0.100. The van der Waals surface area contributed by atoms with E-state index in [1.54, 1.807) is 46.7 Å². The van der Waals surface area contributed by atoms with E-state index >= 15 is 0 Å². The molecule has 7 nitrogen and oxygen atoms in total. The van der Waals surface area contributed by atoms with Crippen LogP contribution in [0.1, 0.15) is 33.7 Å². The van der Waals surface area contributed by atoms with Crippen LogP contribution in [0, 0.1) is 5.82 Å². The van der Waals surface area contributed by atoms with Crippen LogP contribution in [-0.4, -0.2) is 26.5 Å². The van der Waals surface area contributed by atoms with Crippen molar-refractivity contribution in [2.75, 3.05) is 5.32 Å². The van der Waals surface area contributed by atoms with Crippen molar-refractivity contribution in [2.45, 2.75) is 13.5 Å². The lowest BCUT2D eigenvalue weighted by Crippen LogP contribution is -2.14. The summed E-state index contributed by atoms with van der Waals surface area (Å²) in [7, 11) is 0. The highest BCUT2D eigenvalue weighted by molar-refractivity contribution is 7.13. The van der Waals surface area contributed by atoms with Gasteiger partial charge in [0.25, 0.3) is 5.91 Å². The number of thiazole rings is 1. The maximum Gasteiger partial charge on any atom is 0.276 e. The zero-order valence-corrected chi connectivity index (χ0v) is 16.1. The van der Waals surface area contributed by atoms with Gasteiger partial charge in [0, 0.05) is 19.2 Å². The Kier molecular flexibility index (Phi) is 5.05. The third-order valence-electron chi connectivity index (χ3n) is 4.10. The summed E-state index contributed by atoms with van der Waals surface area (Å²) in [5.74, 6) is 0.317. The van der Waals surface area contributed by atoms with Crippen LogP contribution >= 0.6 is 11.3 Å². The normalized spacial score (nSPS) is 10.8. The number of halogens is 1. The van der Waals surface area contributed by atoms with Crippen molar-refractivity contribution in [3.63, 3.8) is 0 Å². The topological polar surface area (TPSA) is 90.0 Å². The molecule has 3 heterocycles. The summed E-state index contributed by atoms with van der Waals surface area (Å²) in [5, 5.41) is 7.00. The van der Waals surface area contributed by atoms with Gasteiger partial charge in [-0.15, -0.1) is 11.3 Å². The fourth-order valence-electron chi connectivity index (χ4n) is 2.72. The summed E-state index contributed by atoms with van der Waals surface area (Å²) in [4.78, 5) is 28.7. The Morgan fingerprint density at radius 2 is 1.97 bits per heavy atom. The maximum atomic E-state index is 13.1. The summed E-state index contributed by atoms with van der Waals surface area (Å²) in [6, 6.07) is 10.9. The number of nitrogens with zero attached hydrogens (tertiary/aromatic N) is 3. The molecule has 1 aromatic carbocycles. The molecule has 0 saturated carbocycles. The number of aromatic nitrogens is 3. The molecular formula is C20H15FN4O3S. The van der Waals surface area contributed by atoms with Crippen LogP contribution in [0.4, 0.5) is 10.2 Å². The van der Waals surface area contributed by atoms with Gasteiger partial charge >= 0.3 is 0 Å². The molecule has 4 rings (SSSR count). The van der Waals surface area contributed by atoms with Crippen molar-refractivity contribution >= 4 is 28.8 Å². The molecule has 0 aliphatic carbocycles. The average molecular weight is 410 g/mol. The summed E-state index contributed by atoms with van der Waals surface area (Å²) < 4.78 is 20.2. The Bertz CT molecular complexity index is 1180. The average Bonchev–Trinajstić information content (AvgIpc) is 3.43. The lowest BCUT2D eigenvalue weighted by Gasteiger charge is -2.03. The number of amides is 1. The van der Waals surface area contributed by atoms with Crippen molar-refractivity contribution in [1.82, 2.24) is 14.8 Å². The second-order valence-electron chi connectivity index (χ2n) is 6.21. The minimum absolute atomic E-state index is 0.148. The molecule has 0 saturated heterocycles. The number of hydrogen-bond donors (Lipinski definition) is 1. The number of ketones is 1. The molecule has 29 heavy (non-hydrogen) atoms. The van der Waals surface area contributed by atoms with Gasteiger partial charge in [-0.2, -0.15) is 5.10 Å². The third kappa shape index (κ3) is 4.14. The van der Waals surface area contributed by atoms with Crippen LogP contribution in [0.2, 0.25) is 0 Å². The molecule has 4 aromatic rings. The zero-order valence-electron chi connectivity index (χ0n) is 15.3. The molecule has 0 aliphatic heterocycles. The van der Waals surface area contributed by atoms with Gasteiger partial charge in [-0.05, 0) is 29.8 Å². The molecule has 9 heteroatoms. The highest BCUT2D eigenvalue weighted by atomic mass is 32.1. The lowest BCUT2D eigenvalue weighted by molar-refractivity contribution is 0.0983. The van der Waals surface area contributed by atoms with Crippen molar-refractivity contribution in [3.8, 4) is 10.4 Å². The van der Waals surface area contributed by atoms with Crippen LogP contribution < -0.4 is 5.32 Å². The summed E-state index contributed by atoms with van der Waals surface area (Å²) in [6.07, 6.45) is 1.69. The largest absolute Gasteiger partial charge is 0.456 e. The summed E-state index contributed by atoms with van der Waals surface area (Å²) in [5.41, 5.74) is 2.52. The van der Waals surface area contributed by atoms with Gasteiger partial charge in [0.1, 0.15) is 17.3 Å². The third-order valence-corrected chi connectivity index (χ3v) is 4.97. The van der Waals surface area contributed by atoms with E-state index in [0.29, 0.717) is 28.6 Å². The molecule has 0 bridgehead atoms. The smallest absolute Gasteiger partial charge is 0.276 e. The second kappa shape index (κ2) is 7.80. The van der Waals surface area contributed by atoms with Gasteiger partial charge < -0.3 is 9.73 Å². The highest BCUT2D eigenvalue weighted by Gasteiger charge is 2.18. The van der Waals surface area contributed by atoms with Gasteiger partial charge in [0.15, 0.2) is 17.4 Å². The van der Waals surface area contributed by atoms with Crippen molar-refractivity contribution in [3.05, 3.63) is 77.2 Å². The fourth-order valence-corrected chi connectivity index (χ4v) is 3.51. The minimum atomic E-state index is -0.410. The standard InChI is InChI=1S/C20H15FN4O3S/c1-12(26)16-7-6-15(28-16)10-25-9-8-17(24-25)23-20(27)18-19(29-11-22-18)13-2-4-14(21)5-3-13/h2-9,11H,10H2,1H3,(H,23,24,27). The number of nitrogens with one attached hydrogen (secondary N) is 1. The van der Waals surface area contributed by atoms with Crippen LogP contribution in [0.3, 0.4) is 0 Å². The molecule has 0 spiro atoms. The van der Waals surface area contributed by atoms with Gasteiger partial charge in [-0.1, -0.05) is 12.1 Å². The monoisotopic (exact) mass is 410 g/mol. The quantitative estimate of drug-likeness (QED) is 0.480. The lowest BCUT2D eigenvalue weighted by atomic mass is 10.1. The molecule has 1 amide bonds. The van der Waals surface area contributed by atoms with Gasteiger partial charge in [0.2, 0.25) is 0 Å². The molecular weight excluding hydrogens is 395 g/mol. The number of carbonyl (C=O) groups excluding carboxylic acids is 2. The van der Waals surface area contributed by atoms with Crippen molar-refractivity contribution in [1.29, 1.82) is 0 Å². The van der Waals surface area contributed by atoms with E-state index in [1.165, 1.54) is 30.4 Å². The molecule has 0 aliphatic rings. The van der Waals surface area contributed by atoms with E-state index in [2.05, 4.69) is 15.4 Å². The van der Waals surface area contributed by atoms with Crippen LogP contribution in [0.15, 0.2) is 58.6 Å². The molecule has 0 fully saturated rings. The van der Waals surface area contributed by atoms with Crippen molar-refractivity contribution in [2.24, 2.45) is 0 Å². The first-order valence-corrected chi connectivity index (χ1v) is 9.51. The second-order valence-corrected chi connectivity index (χ2v) is 7.07. The molecule has 146 valence electrons. The van der Waals surface area contributed by atoms with E-state index in [1.807, 2.05) is 0 Å². The molecule has 0 atom stereocenters. The number of carbonyl (C=O) groups is 2. The van der Waals surface area contributed by atoms with Crippen LogP contribution in [-0.2, 0) is 6.54 Å². The first-order chi connectivity index (χ1) is 14.0. The van der Waals surface area contributed by atoms with E-state index in [0.717, 1.165) is 0 Å². The summed E-state index contributed by atoms with van der Waals surface area (Å²) in [6.45, 7) is 1.75. The predicted octanol–water partition coefficient (Wildman–Crippen LogP) is 4.24. The predicted molar refractivity (Wildman–Crippen MR) is 106 cm³/mol. The number of hydrogen-bond acceptors (Lipinski definition) is 6. The number of anilines is 1. The van der Waals surface area contributed by atoms with E-state index in [-0.39, 0.29) is 23.1 Å². The number of furan rings is 1. The number of benzene rings is 1. The Labute approximate surface area is 168 Å². The molecule has 0 radical (unpaired) electrons. The minimum Gasteiger partial charge on any atom is -0.456 e. The first-order valence-electron chi connectivity index (χ1n) is 8.63. The SMILES string of the molecule is CC(=O)c1ccc(Cn2ccc(NC(=O)c3ncsc3-c3ccc(F)cc3)n2)o1. The number of rotatable bonds is 6. The van der Waals surface area contributed by atoms with Crippen molar-refractivity contribution < 1.29 is 18.4 Å². The van der Waals surface area contributed by atoms with Crippen LogP contribution in [0.5, 0.6) is 0 Å². The summed E-state index contributed by atoms with van der Waals surface area (Å²) >= 11 is 1.30. The van der Waals surface area contributed by atoms with Crippen LogP contribution in [0.25, 0.3) is 10.4 Å². The Hall–Kier alpha value is -3.59. The maximum absolute atomic E-state index is 13.1. The number of Topliss-reactive ketones (excluding diaryl/α,β-unsaturated/α-hetero) is 1. The molecule has 0 unspecified atom stereocenters. The van der Waals surface area contributed by atoms with E-state index < -0.39 is 5.91 Å². The van der Waals surface area contributed by atoms with Gasteiger partial charge in [0.05, 0.1) is 16.9 Å². The molecule has 1 N–H and O–H groups in total. The highest BCUT2D eigenvalue weighted by Crippen LogP contribution is 2.28. The van der Waals surface area contributed by atoms with Gasteiger partial charge in [-0.3, -0.25) is 14.3 Å². The van der Waals surface area contributed by atoms with E-state index in [9.17, 15) is 14.0 Å². The first kappa shape index (κ1) is 18.8. The zero-order chi connectivity index (χ0) is 20.4. The Morgan fingerprint density at radius 1 is 1.17 bits per heavy atom. The Morgan fingerprint density at radius 3 is 2.69 bits per heavy atom. The van der Waals surface area contributed by atoms with E-state index in [4.69, 9.17) is 4.42 Å². The molecule has 3 aromatic heterocycles. The Balaban J connectivity index is 1.46. The van der Waals surface area contributed by atoms with Gasteiger partial charge in [-0.25, -0.2) is 9.37 Å².